The number of rotatable bonds is 3. The van der Waals surface area contributed by atoms with Crippen molar-refractivity contribution < 1.29 is 4.79 Å². The number of nitrogens with one attached hydrogen (secondary N) is 1. The number of benzene rings is 2. The van der Waals surface area contributed by atoms with Crippen LogP contribution >= 0.6 is 34.5 Å². The van der Waals surface area contributed by atoms with E-state index in [2.05, 4.69) is 10.3 Å². The van der Waals surface area contributed by atoms with Crippen LogP contribution in [0.5, 0.6) is 0 Å². The molecule has 28 heavy (non-hydrogen) atoms. The Labute approximate surface area is 174 Å². The molecule has 0 fully saturated rings. The van der Waals surface area contributed by atoms with Crippen LogP contribution in [0.25, 0.3) is 15.3 Å². The lowest BCUT2D eigenvalue weighted by Crippen LogP contribution is -2.16. The Morgan fingerprint density at radius 1 is 1.14 bits per heavy atom. The summed E-state index contributed by atoms with van der Waals surface area (Å²) in [5.74, 6) is 0.344. The molecular formula is C20H14Cl2N4OS. The van der Waals surface area contributed by atoms with Crippen molar-refractivity contribution in [3.63, 3.8) is 0 Å². The molecule has 0 spiro atoms. The lowest BCUT2D eigenvalue weighted by Gasteiger charge is -2.10. The Hall–Kier alpha value is -2.41. The lowest BCUT2D eigenvalue weighted by molar-refractivity contribution is 0.102. The van der Waals surface area contributed by atoms with Crippen LogP contribution in [0.15, 0.2) is 42.5 Å². The van der Waals surface area contributed by atoms with Gasteiger partial charge >= 0.3 is 0 Å². The first kappa shape index (κ1) is 17.7. The highest BCUT2D eigenvalue weighted by atomic mass is 35.5. The number of aromatic nitrogens is 3. The Bertz CT molecular complexity index is 1200. The molecular weight excluding hydrogens is 415 g/mol. The van der Waals surface area contributed by atoms with Crippen molar-refractivity contribution in [2.24, 2.45) is 0 Å². The summed E-state index contributed by atoms with van der Waals surface area (Å²) in [6, 6.07) is 12.8. The highest BCUT2D eigenvalue weighted by Crippen LogP contribution is 2.34. The van der Waals surface area contributed by atoms with E-state index in [4.69, 9.17) is 28.3 Å². The van der Waals surface area contributed by atoms with Gasteiger partial charge in [0.2, 0.25) is 5.13 Å². The molecule has 140 valence electrons. The van der Waals surface area contributed by atoms with Gasteiger partial charge in [-0.1, -0.05) is 46.7 Å². The van der Waals surface area contributed by atoms with Crippen molar-refractivity contribution in [2.75, 3.05) is 5.32 Å². The van der Waals surface area contributed by atoms with Crippen LogP contribution in [0.3, 0.4) is 0 Å². The molecule has 0 atom stereocenters. The number of carbonyl (C=O) groups is 1. The van der Waals surface area contributed by atoms with Gasteiger partial charge in [0.25, 0.3) is 5.91 Å². The molecule has 1 amide bonds. The van der Waals surface area contributed by atoms with Gasteiger partial charge in [0.05, 0.1) is 26.5 Å². The summed E-state index contributed by atoms with van der Waals surface area (Å²) in [7, 11) is 0. The monoisotopic (exact) mass is 428 g/mol. The zero-order valence-corrected chi connectivity index (χ0v) is 16.9. The summed E-state index contributed by atoms with van der Waals surface area (Å²) in [5, 5.41) is 9.27. The number of amides is 1. The number of nitrogens with zero attached hydrogens (tertiary/aromatic N) is 3. The molecule has 5 rings (SSSR count). The van der Waals surface area contributed by atoms with Crippen molar-refractivity contribution in [2.45, 2.75) is 19.3 Å². The fourth-order valence-electron chi connectivity index (χ4n) is 3.46. The number of para-hydroxylation sites is 1. The minimum Gasteiger partial charge on any atom is -0.306 e. The van der Waals surface area contributed by atoms with Crippen LogP contribution in [-0.4, -0.2) is 20.7 Å². The number of anilines is 1. The molecule has 0 saturated heterocycles. The molecule has 0 aliphatic heterocycles. The number of thiazole rings is 1. The van der Waals surface area contributed by atoms with Gasteiger partial charge in [-0.25, -0.2) is 4.98 Å². The fourth-order valence-corrected chi connectivity index (χ4v) is 4.76. The van der Waals surface area contributed by atoms with Crippen molar-refractivity contribution in [3.8, 4) is 5.13 Å². The molecule has 1 N–H and O–H groups in total. The fraction of sp³-hybridized carbons (Fsp3) is 0.150. The zero-order chi connectivity index (χ0) is 19.3. The van der Waals surface area contributed by atoms with Gasteiger partial charge in [-0.15, -0.1) is 0 Å². The van der Waals surface area contributed by atoms with E-state index in [-0.39, 0.29) is 5.91 Å². The van der Waals surface area contributed by atoms with Gasteiger partial charge in [-0.3, -0.25) is 4.79 Å². The summed E-state index contributed by atoms with van der Waals surface area (Å²) >= 11 is 13.8. The molecule has 0 saturated carbocycles. The molecule has 1 aliphatic carbocycles. The first-order valence-corrected chi connectivity index (χ1v) is 10.4. The smallest absolute Gasteiger partial charge is 0.258 e. The molecule has 2 aromatic carbocycles. The Morgan fingerprint density at radius 2 is 2.00 bits per heavy atom. The molecule has 1 aliphatic rings. The van der Waals surface area contributed by atoms with Crippen LogP contribution in [0.1, 0.15) is 28.0 Å². The average molecular weight is 429 g/mol. The van der Waals surface area contributed by atoms with Crippen LogP contribution in [-0.2, 0) is 12.8 Å². The summed E-state index contributed by atoms with van der Waals surface area (Å²) in [6.45, 7) is 0. The number of carbonyl (C=O) groups excluding carboxylic acids is 1. The van der Waals surface area contributed by atoms with E-state index in [1.807, 2.05) is 24.3 Å². The molecule has 4 aromatic rings. The lowest BCUT2D eigenvalue weighted by atomic mass is 10.2. The quantitative estimate of drug-likeness (QED) is 0.466. The molecule has 5 nitrogen and oxygen atoms in total. The first-order valence-electron chi connectivity index (χ1n) is 8.83. The minimum atomic E-state index is -0.315. The zero-order valence-electron chi connectivity index (χ0n) is 14.6. The number of halogens is 2. The third-order valence-electron chi connectivity index (χ3n) is 4.78. The molecule has 2 aromatic heterocycles. The summed E-state index contributed by atoms with van der Waals surface area (Å²) in [4.78, 5) is 17.6. The van der Waals surface area contributed by atoms with E-state index in [1.165, 1.54) is 0 Å². The van der Waals surface area contributed by atoms with Crippen molar-refractivity contribution in [1.82, 2.24) is 14.8 Å². The van der Waals surface area contributed by atoms with Crippen LogP contribution in [0, 0.1) is 0 Å². The maximum absolute atomic E-state index is 12.9. The van der Waals surface area contributed by atoms with Gasteiger partial charge in [0.1, 0.15) is 5.82 Å². The summed E-state index contributed by atoms with van der Waals surface area (Å²) < 4.78 is 2.81. The summed E-state index contributed by atoms with van der Waals surface area (Å²) in [6.07, 6.45) is 2.80. The first-order chi connectivity index (χ1) is 13.6. The third kappa shape index (κ3) is 2.98. The molecule has 2 heterocycles. The normalized spacial score (nSPS) is 13.1. The highest BCUT2D eigenvalue weighted by Gasteiger charge is 2.26. The van der Waals surface area contributed by atoms with Crippen LogP contribution in [0.2, 0.25) is 10.0 Å². The number of fused-ring (bicyclic) bond motifs is 2. The number of hydrogen-bond donors (Lipinski definition) is 1. The van der Waals surface area contributed by atoms with E-state index in [0.29, 0.717) is 21.4 Å². The standard InChI is InChI=1S/C20H14Cl2N4OS/c21-11-8-9-14(22)13(10-11)19(27)24-18-12-4-3-6-15(12)25-26(18)20-23-16-5-1-2-7-17(16)28-20/h1-2,5,7-10H,3-4,6H2,(H,24,27). The predicted molar refractivity (Wildman–Crippen MR) is 113 cm³/mol. The van der Waals surface area contributed by atoms with Crippen molar-refractivity contribution >= 4 is 56.5 Å². The van der Waals surface area contributed by atoms with Crippen LogP contribution < -0.4 is 5.32 Å². The van der Waals surface area contributed by atoms with E-state index < -0.39 is 0 Å². The second-order valence-corrected chi connectivity index (χ2v) is 8.43. The molecule has 8 heteroatoms. The third-order valence-corrected chi connectivity index (χ3v) is 6.35. The number of hydrogen-bond acceptors (Lipinski definition) is 4. The minimum absolute atomic E-state index is 0.315. The van der Waals surface area contributed by atoms with Gasteiger partial charge in [0, 0.05) is 10.6 Å². The van der Waals surface area contributed by atoms with Crippen molar-refractivity contribution in [3.05, 3.63) is 69.3 Å². The van der Waals surface area contributed by atoms with E-state index in [9.17, 15) is 4.79 Å². The van der Waals surface area contributed by atoms with Gasteiger partial charge in [-0.2, -0.15) is 9.78 Å². The molecule has 0 radical (unpaired) electrons. The van der Waals surface area contributed by atoms with Crippen molar-refractivity contribution in [1.29, 1.82) is 0 Å². The SMILES string of the molecule is O=C(Nc1c2c(nn1-c1nc3ccccc3s1)CCC2)c1cc(Cl)ccc1Cl. The van der Waals surface area contributed by atoms with Gasteiger partial charge in [-0.05, 0) is 49.6 Å². The maximum Gasteiger partial charge on any atom is 0.258 e. The highest BCUT2D eigenvalue weighted by molar-refractivity contribution is 7.20. The Kier molecular flexibility index (Phi) is 4.34. The van der Waals surface area contributed by atoms with Gasteiger partial charge in [0.15, 0.2) is 0 Å². The number of aryl methyl sites for hydroxylation is 1. The molecule has 0 unspecified atom stereocenters. The van der Waals surface area contributed by atoms with E-state index >= 15 is 0 Å². The van der Waals surface area contributed by atoms with Gasteiger partial charge < -0.3 is 5.32 Å². The largest absolute Gasteiger partial charge is 0.306 e. The van der Waals surface area contributed by atoms with Crippen LogP contribution in [0.4, 0.5) is 5.82 Å². The topological polar surface area (TPSA) is 59.8 Å². The van der Waals surface area contributed by atoms with E-state index in [1.54, 1.807) is 34.2 Å². The average Bonchev–Trinajstić information content (AvgIpc) is 3.38. The second-order valence-electron chi connectivity index (χ2n) is 6.58. The Morgan fingerprint density at radius 3 is 2.86 bits per heavy atom. The maximum atomic E-state index is 12.9. The summed E-state index contributed by atoms with van der Waals surface area (Å²) in [5.41, 5.74) is 3.31. The second kappa shape index (κ2) is 6.88. The molecule has 0 bridgehead atoms. The Balaban J connectivity index is 1.59. The predicted octanol–water partition coefficient (Wildman–Crippen LogP) is 5.53. The van der Waals surface area contributed by atoms with E-state index in [0.717, 1.165) is 45.9 Å².